The first-order valence-corrected chi connectivity index (χ1v) is 11.1. The van der Waals surface area contributed by atoms with Crippen molar-refractivity contribution < 1.29 is 31.2 Å². The Balaban J connectivity index is 1.76. The monoisotopic (exact) mass is 483 g/mol. The minimum Gasteiger partial charge on any atom is -0.573 e. The molecule has 1 aliphatic rings. The number of alkyl halides is 3. The highest BCUT2D eigenvalue weighted by atomic mass is 32.2. The molecule has 7 nitrogen and oxygen atoms in total. The fourth-order valence-corrected chi connectivity index (χ4v) is 4.27. The maximum atomic E-state index is 13.9. The Labute approximate surface area is 182 Å². The van der Waals surface area contributed by atoms with Crippen molar-refractivity contribution in [2.45, 2.75) is 17.1 Å². The molecule has 0 amide bonds. The molecular formula is C17H18F5N5O2S2. The molecule has 170 valence electrons. The first-order valence-electron chi connectivity index (χ1n) is 9.00. The van der Waals surface area contributed by atoms with E-state index in [1.54, 1.807) is 4.31 Å². The molecule has 3 rings (SSSR count). The molecule has 14 heteroatoms. The average Bonchev–Trinajstić information content (AvgIpc) is 2.73. The van der Waals surface area contributed by atoms with E-state index in [9.17, 15) is 26.5 Å². The Morgan fingerprint density at radius 3 is 2.68 bits per heavy atom. The van der Waals surface area contributed by atoms with Gasteiger partial charge in [0.25, 0.3) is 0 Å². The van der Waals surface area contributed by atoms with E-state index in [1.165, 1.54) is 12.1 Å². The number of halogens is 5. The molecule has 1 atom stereocenters. The minimum absolute atomic E-state index is 0.0220. The summed E-state index contributed by atoms with van der Waals surface area (Å²) in [5, 5.41) is 3.05. The SMILES string of the molecule is [O-][S+](Nc1cc(OCC(F)(F)F)nc(SCc2cccc(F)c2F)n1)N1CCNCC1. The van der Waals surface area contributed by atoms with Gasteiger partial charge in [-0.25, -0.2) is 13.8 Å². The molecule has 1 aliphatic heterocycles. The second-order valence-corrected chi connectivity index (χ2v) is 8.47. The molecule has 2 aromatic rings. The molecule has 0 saturated carbocycles. The van der Waals surface area contributed by atoms with Gasteiger partial charge in [-0.1, -0.05) is 23.9 Å². The highest BCUT2D eigenvalue weighted by Gasteiger charge is 2.29. The van der Waals surface area contributed by atoms with Crippen LogP contribution in [-0.2, 0) is 17.3 Å². The third kappa shape index (κ3) is 7.35. The molecule has 1 unspecified atom stereocenters. The predicted molar refractivity (Wildman–Crippen MR) is 106 cm³/mol. The molecule has 0 bridgehead atoms. The number of thioether (sulfide) groups is 1. The summed E-state index contributed by atoms with van der Waals surface area (Å²) in [6.07, 6.45) is -4.58. The van der Waals surface area contributed by atoms with Gasteiger partial charge in [-0.05, 0) is 6.07 Å². The van der Waals surface area contributed by atoms with Crippen molar-refractivity contribution in [3.63, 3.8) is 0 Å². The van der Waals surface area contributed by atoms with Gasteiger partial charge in [0.05, 0.1) is 13.1 Å². The maximum absolute atomic E-state index is 13.9. The largest absolute Gasteiger partial charge is 0.573 e. The van der Waals surface area contributed by atoms with E-state index >= 15 is 0 Å². The van der Waals surface area contributed by atoms with Gasteiger partial charge < -0.3 is 14.6 Å². The van der Waals surface area contributed by atoms with Crippen LogP contribution in [0.2, 0.25) is 0 Å². The van der Waals surface area contributed by atoms with Crippen molar-refractivity contribution in [1.29, 1.82) is 0 Å². The highest BCUT2D eigenvalue weighted by molar-refractivity contribution is 7.98. The zero-order valence-corrected chi connectivity index (χ0v) is 17.5. The first-order chi connectivity index (χ1) is 14.7. The van der Waals surface area contributed by atoms with Crippen molar-refractivity contribution in [1.82, 2.24) is 19.6 Å². The quantitative estimate of drug-likeness (QED) is 0.257. The Morgan fingerprint density at radius 2 is 1.97 bits per heavy atom. The van der Waals surface area contributed by atoms with Gasteiger partial charge >= 0.3 is 6.18 Å². The molecule has 2 heterocycles. The summed E-state index contributed by atoms with van der Waals surface area (Å²) in [6.45, 7) is 0.701. The van der Waals surface area contributed by atoms with Crippen LogP contribution in [-0.4, -0.2) is 57.8 Å². The lowest BCUT2D eigenvalue weighted by Gasteiger charge is -2.27. The van der Waals surface area contributed by atoms with E-state index < -0.39 is 41.8 Å². The normalized spacial score (nSPS) is 16.2. The van der Waals surface area contributed by atoms with Gasteiger partial charge in [0.1, 0.15) is 0 Å². The molecule has 0 aliphatic carbocycles. The number of benzene rings is 1. The van der Waals surface area contributed by atoms with Crippen molar-refractivity contribution >= 4 is 29.1 Å². The van der Waals surface area contributed by atoms with Crippen LogP contribution in [0.5, 0.6) is 5.88 Å². The summed E-state index contributed by atoms with van der Waals surface area (Å²) >= 11 is -0.817. The molecule has 31 heavy (non-hydrogen) atoms. The summed E-state index contributed by atoms with van der Waals surface area (Å²) in [4.78, 5) is 7.98. The van der Waals surface area contributed by atoms with Crippen LogP contribution >= 0.6 is 11.8 Å². The smallest absolute Gasteiger partial charge is 0.422 e. The molecule has 1 aromatic carbocycles. The topological polar surface area (TPSA) is 85.4 Å². The second-order valence-electron chi connectivity index (χ2n) is 6.31. The van der Waals surface area contributed by atoms with Crippen LogP contribution in [0.15, 0.2) is 29.4 Å². The van der Waals surface area contributed by atoms with Gasteiger partial charge in [-0.15, -0.1) is 4.31 Å². The second kappa shape index (κ2) is 10.6. The molecule has 1 fully saturated rings. The lowest BCUT2D eigenvalue weighted by Crippen LogP contribution is -2.48. The molecule has 0 spiro atoms. The number of hydrogen-bond donors (Lipinski definition) is 2. The van der Waals surface area contributed by atoms with E-state index in [-0.39, 0.29) is 22.3 Å². The van der Waals surface area contributed by atoms with E-state index in [0.717, 1.165) is 23.9 Å². The number of anilines is 1. The van der Waals surface area contributed by atoms with Gasteiger partial charge in [0, 0.05) is 30.5 Å². The van der Waals surface area contributed by atoms with Crippen LogP contribution in [0, 0.1) is 11.6 Å². The molecule has 1 saturated heterocycles. The van der Waals surface area contributed by atoms with Crippen molar-refractivity contribution in [3.8, 4) is 5.88 Å². The Bertz CT molecular complexity index is 886. The third-order valence-corrected chi connectivity index (χ3v) is 6.07. The number of rotatable bonds is 8. The summed E-state index contributed by atoms with van der Waals surface area (Å²) in [5.74, 6) is -2.54. The average molecular weight is 483 g/mol. The van der Waals surface area contributed by atoms with Gasteiger partial charge in [0.15, 0.2) is 40.8 Å². The molecule has 0 radical (unpaired) electrons. The van der Waals surface area contributed by atoms with Crippen molar-refractivity contribution in [2.75, 3.05) is 37.5 Å². The van der Waals surface area contributed by atoms with Crippen LogP contribution < -0.4 is 14.8 Å². The molecule has 2 N–H and O–H groups in total. The van der Waals surface area contributed by atoms with Gasteiger partial charge in [-0.3, -0.25) is 0 Å². The Kier molecular flexibility index (Phi) is 8.16. The van der Waals surface area contributed by atoms with Gasteiger partial charge in [-0.2, -0.15) is 22.9 Å². The lowest BCUT2D eigenvalue weighted by molar-refractivity contribution is -0.154. The predicted octanol–water partition coefficient (Wildman–Crippen LogP) is 2.88. The highest BCUT2D eigenvalue weighted by Crippen LogP contribution is 2.27. The maximum Gasteiger partial charge on any atom is 0.422 e. The van der Waals surface area contributed by atoms with E-state index in [2.05, 4.69) is 24.7 Å². The number of hydrogen-bond acceptors (Lipinski definition) is 8. The number of nitrogens with zero attached hydrogens (tertiary/aromatic N) is 3. The van der Waals surface area contributed by atoms with Crippen LogP contribution in [0.25, 0.3) is 0 Å². The number of piperazine rings is 1. The van der Waals surface area contributed by atoms with Crippen molar-refractivity contribution in [2.24, 2.45) is 0 Å². The van der Waals surface area contributed by atoms with Crippen LogP contribution in [0.4, 0.5) is 27.8 Å². The van der Waals surface area contributed by atoms with Gasteiger partial charge in [0.2, 0.25) is 5.88 Å². The first kappa shape index (κ1) is 23.8. The third-order valence-electron chi connectivity index (χ3n) is 3.96. The fraction of sp³-hybridized carbons (Fsp3) is 0.412. The van der Waals surface area contributed by atoms with E-state index in [4.69, 9.17) is 0 Å². The minimum atomic E-state index is -4.58. The number of nitrogens with one attached hydrogen (secondary N) is 2. The van der Waals surface area contributed by atoms with Crippen molar-refractivity contribution in [3.05, 3.63) is 41.5 Å². The summed E-state index contributed by atoms with van der Waals surface area (Å²) in [7, 11) is 0. The molecule has 1 aromatic heterocycles. The fourth-order valence-electron chi connectivity index (χ4n) is 2.52. The number of ether oxygens (including phenoxy) is 1. The summed E-state index contributed by atoms with van der Waals surface area (Å²) in [5.41, 5.74) is 0.0362. The molecular weight excluding hydrogens is 465 g/mol. The van der Waals surface area contributed by atoms with E-state index in [1.807, 2.05) is 0 Å². The Morgan fingerprint density at radius 1 is 1.23 bits per heavy atom. The van der Waals surface area contributed by atoms with Crippen LogP contribution in [0.3, 0.4) is 0 Å². The van der Waals surface area contributed by atoms with Crippen LogP contribution in [0.1, 0.15) is 5.56 Å². The van der Waals surface area contributed by atoms with E-state index in [0.29, 0.717) is 26.2 Å². The standard InChI is InChI=1S/C17H18F5N5O2S2/c18-12-3-1-2-11(15(12)19)9-30-16-24-13(8-14(25-16)29-10-17(20,21)22)26-31(28)27-6-4-23-5-7-27/h1-3,8,23H,4-7,9-10H2,(H,24,25,26). The zero-order chi connectivity index (χ0) is 22.4. The Hall–Kier alpha value is -1.87. The number of aromatic nitrogens is 2. The summed E-state index contributed by atoms with van der Waals surface area (Å²) < 4.78 is 86.2. The lowest BCUT2D eigenvalue weighted by atomic mass is 10.2. The zero-order valence-electron chi connectivity index (χ0n) is 15.9. The summed E-state index contributed by atoms with van der Waals surface area (Å²) in [6, 6.07) is 4.77.